The van der Waals surface area contributed by atoms with Crippen LogP contribution in [0, 0.1) is 20.8 Å². The maximum Gasteiger partial charge on any atom is 0.175 e. The van der Waals surface area contributed by atoms with E-state index >= 15 is 0 Å². The zero-order valence-corrected chi connectivity index (χ0v) is 12.8. The number of carbonyl (C=O) groups excluding carboxylic acids is 1. The maximum absolute atomic E-state index is 12.2. The molecule has 2 aromatic rings. The summed E-state index contributed by atoms with van der Waals surface area (Å²) in [6.07, 6.45) is 0. The molecule has 3 heteroatoms. The van der Waals surface area contributed by atoms with Crippen molar-refractivity contribution in [3.05, 3.63) is 64.7 Å². The van der Waals surface area contributed by atoms with Gasteiger partial charge in [0.25, 0.3) is 0 Å². The van der Waals surface area contributed by atoms with Crippen molar-refractivity contribution in [2.24, 2.45) is 0 Å². The Bertz CT molecular complexity index is 674. The molecule has 2 rings (SSSR count). The van der Waals surface area contributed by atoms with Gasteiger partial charge in [0, 0.05) is 10.5 Å². The van der Waals surface area contributed by atoms with Gasteiger partial charge < -0.3 is 0 Å². The zero-order chi connectivity index (χ0) is 14.7. The van der Waals surface area contributed by atoms with Crippen LogP contribution in [-0.2, 0) is 10.8 Å². The molecule has 0 aliphatic rings. The van der Waals surface area contributed by atoms with Gasteiger partial charge in [0.1, 0.15) is 0 Å². The topological polar surface area (TPSA) is 34.1 Å². The summed E-state index contributed by atoms with van der Waals surface area (Å²) < 4.78 is 12.2. The van der Waals surface area contributed by atoms with Gasteiger partial charge in [0.05, 0.1) is 16.6 Å². The van der Waals surface area contributed by atoms with Crippen LogP contribution in [0.25, 0.3) is 0 Å². The third-order valence-electron chi connectivity index (χ3n) is 3.34. The van der Waals surface area contributed by atoms with Gasteiger partial charge >= 0.3 is 0 Å². The molecule has 0 heterocycles. The van der Waals surface area contributed by atoms with Crippen molar-refractivity contribution in [2.45, 2.75) is 25.7 Å². The number of ketones is 1. The Labute approximate surface area is 122 Å². The van der Waals surface area contributed by atoms with E-state index in [1.54, 1.807) is 12.1 Å². The van der Waals surface area contributed by atoms with E-state index in [0.717, 1.165) is 16.7 Å². The monoisotopic (exact) mass is 286 g/mol. The lowest BCUT2D eigenvalue weighted by molar-refractivity contribution is 0.102. The molecule has 0 saturated heterocycles. The molecule has 1 atom stereocenters. The second-order valence-corrected chi connectivity index (χ2v) is 6.48. The number of hydrogen-bond donors (Lipinski definition) is 0. The lowest BCUT2D eigenvalue weighted by Gasteiger charge is -2.05. The minimum absolute atomic E-state index is 0.0337. The van der Waals surface area contributed by atoms with Crippen molar-refractivity contribution in [1.82, 2.24) is 0 Å². The highest BCUT2D eigenvalue weighted by atomic mass is 32.2. The number of benzene rings is 2. The van der Waals surface area contributed by atoms with Gasteiger partial charge in [-0.25, -0.2) is 0 Å². The van der Waals surface area contributed by atoms with Crippen LogP contribution in [0.3, 0.4) is 0 Å². The number of hydrogen-bond acceptors (Lipinski definition) is 2. The van der Waals surface area contributed by atoms with E-state index in [2.05, 4.69) is 0 Å². The Morgan fingerprint density at radius 3 is 2.40 bits per heavy atom. The van der Waals surface area contributed by atoms with E-state index in [4.69, 9.17) is 0 Å². The van der Waals surface area contributed by atoms with E-state index in [0.29, 0.717) is 10.5 Å². The van der Waals surface area contributed by atoms with Crippen LogP contribution in [0.15, 0.2) is 47.4 Å². The molecule has 0 aliphatic heterocycles. The fourth-order valence-corrected chi connectivity index (χ4v) is 3.08. The van der Waals surface area contributed by atoms with E-state index in [-0.39, 0.29) is 11.5 Å². The molecule has 0 fully saturated rings. The molecule has 0 radical (unpaired) electrons. The molecule has 104 valence electrons. The van der Waals surface area contributed by atoms with E-state index < -0.39 is 10.8 Å². The second-order valence-electron chi connectivity index (χ2n) is 5.03. The van der Waals surface area contributed by atoms with Crippen molar-refractivity contribution in [1.29, 1.82) is 0 Å². The van der Waals surface area contributed by atoms with Gasteiger partial charge in [0.2, 0.25) is 0 Å². The number of aryl methyl sites for hydroxylation is 3. The highest BCUT2D eigenvalue weighted by molar-refractivity contribution is 7.85. The Kier molecular flexibility index (Phi) is 4.50. The highest BCUT2D eigenvalue weighted by Gasteiger charge is 2.13. The summed E-state index contributed by atoms with van der Waals surface area (Å²) in [5, 5.41) is 0. The average Bonchev–Trinajstić information content (AvgIpc) is 2.41. The maximum atomic E-state index is 12.2. The van der Waals surface area contributed by atoms with E-state index in [9.17, 15) is 9.00 Å². The second kappa shape index (κ2) is 6.14. The van der Waals surface area contributed by atoms with Crippen molar-refractivity contribution in [2.75, 3.05) is 5.75 Å². The Morgan fingerprint density at radius 2 is 1.75 bits per heavy atom. The summed E-state index contributed by atoms with van der Waals surface area (Å²) in [6.45, 7) is 5.93. The zero-order valence-electron chi connectivity index (χ0n) is 12.0. The SMILES string of the molecule is Cc1cccc(S(=O)CC(=O)c2ccc(C)c(C)c2)c1. The number of rotatable bonds is 4. The predicted molar refractivity (Wildman–Crippen MR) is 82.7 cm³/mol. The fourth-order valence-electron chi connectivity index (χ4n) is 1.96. The Hall–Kier alpha value is -1.74. The third-order valence-corrected chi connectivity index (χ3v) is 4.65. The Morgan fingerprint density at radius 1 is 1.00 bits per heavy atom. The number of carbonyl (C=O) groups is 1. The van der Waals surface area contributed by atoms with Crippen LogP contribution in [-0.4, -0.2) is 15.7 Å². The Balaban J connectivity index is 2.15. The lowest BCUT2D eigenvalue weighted by Crippen LogP contribution is -2.11. The molecule has 0 aromatic heterocycles. The molecule has 0 spiro atoms. The van der Waals surface area contributed by atoms with Crippen LogP contribution >= 0.6 is 0 Å². The first-order valence-corrected chi connectivity index (χ1v) is 7.85. The van der Waals surface area contributed by atoms with E-state index in [1.165, 1.54) is 0 Å². The molecule has 20 heavy (non-hydrogen) atoms. The molecule has 0 aliphatic carbocycles. The smallest absolute Gasteiger partial charge is 0.175 e. The molecule has 1 unspecified atom stereocenters. The summed E-state index contributed by atoms with van der Waals surface area (Å²) in [5.74, 6) is -0.0423. The van der Waals surface area contributed by atoms with Crippen LogP contribution in [0.2, 0.25) is 0 Å². The predicted octanol–water partition coefficient (Wildman–Crippen LogP) is 3.60. The summed E-state index contributed by atoms with van der Waals surface area (Å²) in [4.78, 5) is 12.9. The first-order chi connectivity index (χ1) is 9.47. The van der Waals surface area contributed by atoms with Crippen LogP contribution < -0.4 is 0 Å². The van der Waals surface area contributed by atoms with Crippen molar-refractivity contribution < 1.29 is 9.00 Å². The quantitative estimate of drug-likeness (QED) is 0.805. The third kappa shape index (κ3) is 3.42. The fraction of sp³-hybridized carbons (Fsp3) is 0.235. The molecule has 2 aromatic carbocycles. The molecule has 0 N–H and O–H groups in total. The lowest BCUT2D eigenvalue weighted by atomic mass is 10.0. The average molecular weight is 286 g/mol. The molecule has 0 saturated carbocycles. The normalized spacial score (nSPS) is 12.2. The minimum atomic E-state index is -1.29. The van der Waals surface area contributed by atoms with Crippen LogP contribution in [0.1, 0.15) is 27.0 Å². The highest BCUT2D eigenvalue weighted by Crippen LogP contribution is 2.14. The van der Waals surface area contributed by atoms with Gasteiger partial charge in [-0.3, -0.25) is 9.00 Å². The van der Waals surface area contributed by atoms with Crippen molar-refractivity contribution >= 4 is 16.6 Å². The van der Waals surface area contributed by atoms with Crippen molar-refractivity contribution in [3.8, 4) is 0 Å². The molecular weight excluding hydrogens is 268 g/mol. The standard InChI is InChI=1S/C17H18O2S/c1-12-5-4-6-16(9-12)20(19)11-17(18)15-8-7-13(2)14(3)10-15/h4-10H,11H2,1-3H3. The summed E-state index contributed by atoms with van der Waals surface area (Å²) in [5.41, 5.74) is 3.92. The first kappa shape index (κ1) is 14.7. The van der Waals surface area contributed by atoms with Crippen LogP contribution in [0.5, 0.6) is 0 Å². The first-order valence-electron chi connectivity index (χ1n) is 6.53. The van der Waals surface area contributed by atoms with Crippen LogP contribution in [0.4, 0.5) is 0 Å². The van der Waals surface area contributed by atoms with Gasteiger partial charge in [-0.05, 0) is 55.7 Å². The summed E-state index contributed by atoms with van der Waals surface area (Å²) in [6, 6.07) is 13.1. The molecule has 2 nitrogen and oxygen atoms in total. The summed E-state index contributed by atoms with van der Waals surface area (Å²) >= 11 is 0. The van der Waals surface area contributed by atoms with Gasteiger partial charge in [0.15, 0.2) is 5.78 Å². The molecule has 0 amide bonds. The minimum Gasteiger partial charge on any atom is -0.293 e. The molecule has 0 bridgehead atoms. The number of Topliss-reactive ketones (excluding diaryl/α,β-unsaturated/α-hetero) is 1. The van der Waals surface area contributed by atoms with Gasteiger partial charge in [-0.2, -0.15) is 0 Å². The van der Waals surface area contributed by atoms with E-state index in [1.807, 2.05) is 51.1 Å². The largest absolute Gasteiger partial charge is 0.293 e. The van der Waals surface area contributed by atoms with Crippen molar-refractivity contribution in [3.63, 3.8) is 0 Å². The van der Waals surface area contributed by atoms with Gasteiger partial charge in [-0.15, -0.1) is 0 Å². The van der Waals surface area contributed by atoms with Gasteiger partial charge in [-0.1, -0.05) is 24.3 Å². The summed E-state index contributed by atoms with van der Waals surface area (Å²) in [7, 11) is -1.29. The molecular formula is C17H18O2S.